The zero-order valence-corrected chi connectivity index (χ0v) is 8.06. The van der Waals surface area contributed by atoms with Gasteiger partial charge in [-0.3, -0.25) is 0 Å². The van der Waals surface area contributed by atoms with Gasteiger partial charge in [0.25, 0.3) is 0 Å². The maximum Gasteiger partial charge on any atom is 0.333 e. The lowest BCUT2D eigenvalue weighted by Gasteiger charge is -2.02. The maximum atomic E-state index is 10.8. The first-order valence-corrected chi connectivity index (χ1v) is 4.01. The summed E-state index contributed by atoms with van der Waals surface area (Å²) in [6.45, 7) is 7.77. The second kappa shape index (κ2) is 8.27. The van der Waals surface area contributed by atoms with E-state index in [4.69, 9.17) is 4.74 Å². The molecule has 0 rings (SSSR count). The van der Waals surface area contributed by atoms with Crippen LogP contribution in [0.5, 0.6) is 0 Å². The van der Waals surface area contributed by atoms with Gasteiger partial charge in [-0.25, -0.2) is 4.79 Å². The highest BCUT2D eigenvalue weighted by molar-refractivity contribution is 5.86. The molecule has 0 aliphatic carbocycles. The number of hydrogen-bond acceptors (Lipinski definition) is 3. The first kappa shape index (κ1) is 13.7. The summed E-state index contributed by atoms with van der Waals surface area (Å²) in [5, 5.41) is 0. The van der Waals surface area contributed by atoms with Crippen molar-refractivity contribution >= 4 is 5.97 Å². The SMILES string of the molecule is C=C(C)C(=O)OCCCCC.N. The number of esters is 1. The number of rotatable bonds is 5. The zero-order chi connectivity index (χ0) is 8.69. The minimum absolute atomic E-state index is 0. The molecule has 0 bridgehead atoms. The van der Waals surface area contributed by atoms with Gasteiger partial charge in [-0.05, 0) is 13.3 Å². The van der Waals surface area contributed by atoms with Crippen LogP contribution in [0.1, 0.15) is 33.1 Å². The molecule has 0 atom stereocenters. The largest absolute Gasteiger partial charge is 0.462 e. The Bertz CT molecular complexity index is 143. The molecule has 0 amide bonds. The van der Waals surface area contributed by atoms with Gasteiger partial charge in [0, 0.05) is 5.57 Å². The average molecular weight is 173 g/mol. The molecular formula is C9H19NO2. The van der Waals surface area contributed by atoms with Crippen LogP contribution in [0, 0.1) is 0 Å². The van der Waals surface area contributed by atoms with Crippen molar-refractivity contribution in [2.75, 3.05) is 6.61 Å². The summed E-state index contributed by atoms with van der Waals surface area (Å²) < 4.78 is 4.87. The van der Waals surface area contributed by atoms with Crippen molar-refractivity contribution < 1.29 is 9.53 Å². The van der Waals surface area contributed by atoms with Crippen molar-refractivity contribution in [1.29, 1.82) is 0 Å². The molecule has 0 heterocycles. The molecule has 3 N–H and O–H groups in total. The lowest BCUT2D eigenvalue weighted by atomic mass is 10.3. The Labute approximate surface area is 74.4 Å². The van der Waals surface area contributed by atoms with Gasteiger partial charge in [0.05, 0.1) is 6.61 Å². The average Bonchev–Trinajstić information content (AvgIpc) is 1.97. The maximum absolute atomic E-state index is 10.8. The summed E-state index contributed by atoms with van der Waals surface area (Å²) in [7, 11) is 0. The van der Waals surface area contributed by atoms with E-state index in [9.17, 15) is 4.79 Å². The number of carbonyl (C=O) groups is 1. The molecule has 72 valence electrons. The van der Waals surface area contributed by atoms with Crippen LogP contribution in [0.15, 0.2) is 12.2 Å². The Hall–Kier alpha value is -0.830. The Morgan fingerprint density at radius 3 is 2.42 bits per heavy atom. The Morgan fingerprint density at radius 1 is 1.42 bits per heavy atom. The van der Waals surface area contributed by atoms with Crippen molar-refractivity contribution in [2.45, 2.75) is 33.1 Å². The van der Waals surface area contributed by atoms with Crippen LogP contribution in [-0.4, -0.2) is 12.6 Å². The van der Waals surface area contributed by atoms with Gasteiger partial charge >= 0.3 is 5.97 Å². The first-order chi connectivity index (χ1) is 5.18. The van der Waals surface area contributed by atoms with Gasteiger partial charge in [0.15, 0.2) is 0 Å². The zero-order valence-electron chi connectivity index (χ0n) is 8.06. The topological polar surface area (TPSA) is 61.3 Å². The molecule has 0 aliphatic heterocycles. The number of ether oxygens (including phenoxy) is 1. The minimum atomic E-state index is -0.277. The van der Waals surface area contributed by atoms with E-state index in [1.165, 1.54) is 0 Å². The summed E-state index contributed by atoms with van der Waals surface area (Å²) in [6, 6.07) is 0. The highest BCUT2D eigenvalue weighted by Crippen LogP contribution is 1.97. The van der Waals surface area contributed by atoms with Gasteiger partial charge in [-0.2, -0.15) is 0 Å². The second-order valence-electron chi connectivity index (χ2n) is 2.62. The molecule has 0 aromatic rings. The highest BCUT2D eigenvalue weighted by atomic mass is 16.5. The van der Waals surface area contributed by atoms with Crippen LogP contribution < -0.4 is 6.15 Å². The van der Waals surface area contributed by atoms with E-state index in [0.29, 0.717) is 12.2 Å². The van der Waals surface area contributed by atoms with Crippen LogP contribution in [0.3, 0.4) is 0 Å². The fourth-order valence-electron chi connectivity index (χ4n) is 0.640. The normalized spacial score (nSPS) is 8.50. The standard InChI is InChI=1S/C9H16O2.H3N/c1-4-5-6-7-11-9(10)8(2)3;/h2,4-7H2,1,3H3;1H3. The van der Waals surface area contributed by atoms with E-state index in [1.54, 1.807) is 6.92 Å². The Balaban J connectivity index is 0. The van der Waals surface area contributed by atoms with Crippen molar-refractivity contribution in [3.63, 3.8) is 0 Å². The molecule has 0 unspecified atom stereocenters. The third-order valence-corrected chi connectivity index (χ3v) is 1.33. The summed E-state index contributed by atoms with van der Waals surface area (Å²) in [5.74, 6) is -0.277. The molecule has 0 fully saturated rings. The van der Waals surface area contributed by atoms with Gasteiger partial charge in [-0.1, -0.05) is 26.3 Å². The van der Waals surface area contributed by atoms with Crippen molar-refractivity contribution in [3.05, 3.63) is 12.2 Å². The van der Waals surface area contributed by atoms with Crippen LogP contribution in [0.4, 0.5) is 0 Å². The third-order valence-electron chi connectivity index (χ3n) is 1.33. The fraction of sp³-hybridized carbons (Fsp3) is 0.667. The molecule has 3 nitrogen and oxygen atoms in total. The van der Waals surface area contributed by atoms with Crippen LogP contribution >= 0.6 is 0 Å². The van der Waals surface area contributed by atoms with Crippen molar-refractivity contribution in [3.8, 4) is 0 Å². The molecule has 0 saturated carbocycles. The number of unbranched alkanes of at least 4 members (excludes halogenated alkanes) is 2. The van der Waals surface area contributed by atoms with E-state index >= 15 is 0 Å². The van der Waals surface area contributed by atoms with Gasteiger partial charge in [0.1, 0.15) is 0 Å². The van der Waals surface area contributed by atoms with Gasteiger partial charge in [0.2, 0.25) is 0 Å². The third kappa shape index (κ3) is 7.28. The van der Waals surface area contributed by atoms with Crippen molar-refractivity contribution in [2.24, 2.45) is 0 Å². The molecule has 0 saturated heterocycles. The Morgan fingerprint density at radius 2 is 2.00 bits per heavy atom. The Kier molecular flexibility index (Phi) is 9.47. The van der Waals surface area contributed by atoms with Gasteiger partial charge < -0.3 is 10.9 Å². The summed E-state index contributed by atoms with van der Waals surface area (Å²) in [5.41, 5.74) is 0.474. The smallest absolute Gasteiger partial charge is 0.333 e. The predicted molar refractivity (Wildman–Crippen MR) is 50.3 cm³/mol. The minimum Gasteiger partial charge on any atom is -0.462 e. The van der Waals surface area contributed by atoms with Crippen molar-refractivity contribution in [1.82, 2.24) is 6.15 Å². The molecule has 12 heavy (non-hydrogen) atoms. The van der Waals surface area contributed by atoms with E-state index < -0.39 is 0 Å². The second-order valence-corrected chi connectivity index (χ2v) is 2.62. The molecular weight excluding hydrogens is 154 g/mol. The lowest BCUT2D eigenvalue weighted by molar-refractivity contribution is -0.139. The van der Waals surface area contributed by atoms with Crippen LogP contribution in [0.25, 0.3) is 0 Å². The van der Waals surface area contributed by atoms with E-state index in [1.807, 2.05) is 0 Å². The van der Waals surface area contributed by atoms with E-state index in [0.717, 1.165) is 19.3 Å². The van der Waals surface area contributed by atoms with Crippen LogP contribution in [-0.2, 0) is 9.53 Å². The van der Waals surface area contributed by atoms with Gasteiger partial charge in [-0.15, -0.1) is 0 Å². The molecule has 0 spiro atoms. The monoisotopic (exact) mass is 173 g/mol. The van der Waals surface area contributed by atoms with Crippen LogP contribution in [0.2, 0.25) is 0 Å². The first-order valence-electron chi connectivity index (χ1n) is 4.01. The lowest BCUT2D eigenvalue weighted by Crippen LogP contribution is -2.05. The quantitative estimate of drug-likeness (QED) is 0.394. The summed E-state index contributed by atoms with van der Waals surface area (Å²) >= 11 is 0. The molecule has 3 heteroatoms. The summed E-state index contributed by atoms with van der Waals surface area (Å²) in [6.07, 6.45) is 3.21. The summed E-state index contributed by atoms with van der Waals surface area (Å²) in [4.78, 5) is 10.8. The number of hydrogen-bond donors (Lipinski definition) is 1. The molecule has 0 aromatic carbocycles. The molecule has 0 aliphatic rings. The predicted octanol–water partition coefficient (Wildman–Crippen LogP) is 2.46. The fourth-order valence-corrected chi connectivity index (χ4v) is 0.640. The number of carbonyl (C=O) groups excluding carboxylic acids is 1. The highest BCUT2D eigenvalue weighted by Gasteiger charge is 2.00. The molecule has 0 aromatic heterocycles. The van der Waals surface area contributed by atoms with E-state index in [-0.39, 0.29) is 12.1 Å². The van der Waals surface area contributed by atoms with E-state index in [2.05, 4.69) is 13.5 Å². The molecule has 0 radical (unpaired) electrons.